The van der Waals surface area contributed by atoms with Crippen LogP contribution in [-0.2, 0) is 0 Å². The molecule has 1 aliphatic rings. The lowest BCUT2D eigenvalue weighted by Gasteiger charge is -2.25. The first-order valence-corrected chi connectivity index (χ1v) is 5.07. The topological polar surface area (TPSA) is 3.24 Å². The minimum Gasteiger partial charge on any atom is -0.299 e. The van der Waals surface area contributed by atoms with Gasteiger partial charge in [0.15, 0.2) is 0 Å². The highest BCUT2D eigenvalue weighted by Gasteiger charge is 2.24. The van der Waals surface area contributed by atoms with Gasteiger partial charge >= 0.3 is 0 Å². The lowest BCUT2D eigenvalue weighted by Crippen LogP contribution is -2.34. The molecule has 1 aliphatic carbocycles. The van der Waals surface area contributed by atoms with Crippen molar-refractivity contribution in [3.05, 3.63) is 0 Å². The third-order valence-corrected chi connectivity index (χ3v) is 2.46. The van der Waals surface area contributed by atoms with Gasteiger partial charge in [-0.15, -0.1) is 11.6 Å². The van der Waals surface area contributed by atoms with Gasteiger partial charge in [-0.2, -0.15) is 0 Å². The smallest absolute Gasteiger partial charge is 0.0351 e. The summed E-state index contributed by atoms with van der Waals surface area (Å²) in [4.78, 5) is 2.48. The van der Waals surface area contributed by atoms with Crippen LogP contribution in [0.2, 0.25) is 0 Å². The van der Waals surface area contributed by atoms with Crippen LogP contribution in [0.15, 0.2) is 0 Å². The monoisotopic (exact) mass is 175 g/mol. The summed E-state index contributed by atoms with van der Waals surface area (Å²) < 4.78 is 0. The van der Waals surface area contributed by atoms with E-state index in [1.165, 1.54) is 19.4 Å². The molecule has 0 atom stereocenters. The summed E-state index contributed by atoms with van der Waals surface area (Å²) >= 11 is 5.70. The molecule has 0 saturated heterocycles. The first-order chi connectivity index (χ1) is 5.24. The third-order valence-electron chi connectivity index (χ3n) is 2.29. The Morgan fingerprint density at radius 2 is 2.09 bits per heavy atom. The summed E-state index contributed by atoms with van der Waals surface area (Å²) in [6, 6.07) is 0.661. The van der Waals surface area contributed by atoms with Gasteiger partial charge in [0.05, 0.1) is 0 Å². The summed E-state index contributed by atoms with van der Waals surface area (Å²) in [5.74, 6) is 1.76. The van der Waals surface area contributed by atoms with Crippen LogP contribution in [0.25, 0.3) is 0 Å². The van der Waals surface area contributed by atoms with Crippen LogP contribution in [0.5, 0.6) is 0 Å². The van der Waals surface area contributed by atoms with Crippen LogP contribution < -0.4 is 0 Å². The summed E-state index contributed by atoms with van der Waals surface area (Å²) in [6.07, 6.45) is 2.87. The van der Waals surface area contributed by atoms with E-state index in [9.17, 15) is 0 Å². The zero-order valence-corrected chi connectivity index (χ0v) is 8.27. The molecule has 66 valence electrons. The number of nitrogens with zero attached hydrogens (tertiary/aromatic N) is 1. The molecule has 0 radical (unpaired) electrons. The van der Waals surface area contributed by atoms with Crippen LogP contribution in [0.1, 0.15) is 26.7 Å². The van der Waals surface area contributed by atoms with Gasteiger partial charge in [-0.1, -0.05) is 0 Å². The molecule has 0 spiro atoms. The Morgan fingerprint density at radius 1 is 1.45 bits per heavy atom. The molecule has 0 unspecified atom stereocenters. The maximum absolute atomic E-state index is 5.70. The third kappa shape index (κ3) is 3.44. The Morgan fingerprint density at radius 3 is 2.45 bits per heavy atom. The van der Waals surface area contributed by atoms with Crippen molar-refractivity contribution < 1.29 is 0 Å². The van der Waals surface area contributed by atoms with Gasteiger partial charge in [0, 0.05) is 25.0 Å². The fraction of sp³-hybridized carbons (Fsp3) is 1.00. The highest BCUT2D eigenvalue weighted by Crippen LogP contribution is 2.30. The molecule has 0 aromatic rings. The van der Waals surface area contributed by atoms with Crippen molar-refractivity contribution in [3.8, 4) is 0 Å². The summed E-state index contributed by atoms with van der Waals surface area (Å²) in [5.41, 5.74) is 0. The van der Waals surface area contributed by atoms with Crippen molar-refractivity contribution in [1.82, 2.24) is 4.90 Å². The Labute approximate surface area is 74.7 Å². The van der Waals surface area contributed by atoms with E-state index in [1.54, 1.807) is 0 Å². The zero-order chi connectivity index (χ0) is 8.27. The van der Waals surface area contributed by atoms with Gasteiger partial charge < -0.3 is 0 Å². The predicted molar refractivity (Wildman–Crippen MR) is 50.2 cm³/mol. The van der Waals surface area contributed by atoms with Crippen LogP contribution >= 0.6 is 11.6 Å². The second kappa shape index (κ2) is 4.32. The SMILES string of the molecule is CC(C)N(CCCl)CC1CC1. The van der Waals surface area contributed by atoms with Crippen molar-refractivity contribution in [2.45, 2.75) is 32.7 Å². The Bertz CT molecular complexity index is 110. The molecule has 1 fully saturated rings. The van der Waals surface area contributed by atoms with Crippen LogP contribution in [-0.4, -0.2) is 29.9 Å². The number of rotatable bonds is 5. The van der Waals surface area contributed by atoms with E-state index in [1.807, 2.05) is 0 Å². The van der Waals surface area contributed by atoms with Gasteiger partial charge in [-0.05, 0) is 32.6 Å². The van der Waals surface area contributed by atoms with Crippen molar-refractivity contribution in [2.75, 3.05) is 19.0 Å². The molecule has 0 amide bonds. The van der Waals surface area contributed by atoms with E-state index < -0.39 is 0 Å². The molecule has 2 heteroatoms. The minimum absolute atomic E-state index is 0.661. The molecule has 1 nitrogen and oxygen atoms in total. The molecule has 1 rings (SSSR count). The molecular weight excluding hydrogens is 158 g/mol. The van der Waals surface area contributed by atoms with Crippen LogP contribution in [0.3, 0.4) is 0 Å². The molecule has 0 aliphatic heterocycles. The van der Waals surface area contributed by atoms with Crippen molar-refractivity contribution in [2.24, 2.45) is 5.92 Å². The average Bonchev–Trinajstić information content (AvgIpc) is 2.70. The maximum Gasteiger partial charge on any atom is 0.0351 e. The van der Waals surface area contributed by atoms with E-state index in [4.69, 9.17) is 11.6 Å². The molecule has 0 N–H and O–H groups in total. The summed E-state index contributed by atoms with van der Waals surface area (Å²) in [7, 11) is 0. The van der Waals surface area contributed by atoms with Crippen LogP contribution in [0.4, 0.5) is 0 Å². The molecule has 11 heavy (non-hydrogen) atoms. The van der Waals surface area contributed by atoms with Crippen molar-refractivity contribution >= 4 is 11.6 Å². The summed E-state index contributed by atoms with van der Waals surface area (Å²) in [6.45, 7) is 6.81. The molecule has 1 saturated carbocycles. The maximum atomic E-state index is 5.70. The first kappa shape index (κ1) is 9.34. The van der Waals surface area contributed by atoms with Crippen molar-refractivity contribution in [1.29, 1.82) is 0 Å². The molecular formula is C9H18ClN. The fourth-order valence-electron chi connectivity index (χ4n) is 1.30. The zero-order valence-electron chi connectivity index (χ0n) is 7.52. The number of alkyl halides is 1. The molecule has 0 bridgehead atoms. The second-order valence-corrected chi connectivity index (χ2v) is 4.10. The molecule has 0 heterocycles. The Balaban J connectivity index is 2.19. The van der Waals surface area contributed by atoms with Gasteiger partial charge in [-0.3, -0.25) is 4.90 Å². The van der Waals surface area contributed by atoms with Gasteiger partial charge in [0.2, 0.25) is 0 Å². The number of hydrogen-bond acceptors (Lipinski definition) is 1. The lowest BCUT2D eigenvalue weighted by atomic mass is 10.3. The van der Waals surface area contributed by atoms with Crippen molar-refractivity contribution in [3.63, 3.8) is 0 Å². The Kier molecular flexibility index (Phi) is 3.67. The Hall–Kier alpha value is 0.250. The van der Waals surface area contributed by atoms with Gasteiger partial charge in [0.25, 0.3) is 0 Å². The highest BCUT2D eigenvalue weighted by atomic mass is 35.5. The van der Waals surface area contributed by atoms with E-state index in [-0.39, 0.29) is 0 Å². The highest BCUT2D eigenvalue weighted by molar-refractivity contribution is 6.18. The molecule has 0 aromatic heterocycles. The van der Waals surface area contributed by atoms with Crippen LogP contribution in [0, 0.1) is 5.92 Å². The van der Waals surface area contributed by atoms with Gasteiger partial charge in [0.1, 0.15) is 0 Å². The predicted octanol–water partition coefficient (Wildman–Crippen LogP) is 2.35. The normalized spacial score (nSPS) is 18.3. The van der Waals surface area contributed by atoms with E-state index in [0.717, 1.165) is 18.3 Å². The average molecular weight is 176 g/mol. The van der Waals surface area contributed by atoms with Gasteiger partial charge in [-0.25, -0.2) is 0 Å². The van der Waals surface area contributed by atoms with E-state index in [2.05, 4.69) is 18.7 Å². The first-order valence-electron chi connectivity index (χ1n) is 4.54. The largest absolute Gasteiger partial charge is 0.299 e. The lowest BCUT2D eigenvalue weighted by molar-refractivity contribution is 0.225. The molecule has 0 aromatic carbocycles. The van der Waals surface area contributed by atoms with E-state index in [0.29, 0.717) is 6.04 Å². The minimum atomic E-state index is 0.661. The van der Waals surface area contributed by atoms with E-state index >= 15 is 0 Å². The standard InChI is InChI=1S/C9H18ClN/c1-8(2)11(6-5-10)7-9-3-4-9/h8-9H,3-7H2,1-2H3. The second-order valence-electron chi connectivity index (χ2n) is 3.72. The number of hydrogen-bond donors (Lipinski definition) is 0. The fourth-order valence-corrected chi connectivity index (χ4v) is 1.52. The quantitative estimate of drug-likeness (QED) is 0.580. The number of halogens is 1. The summed E-state index contributed by atoms with van der Waals surface area (Å²) in [5, 5.41) is 0.